The smallest absolute Gasteiger partial charge is 0.348 e. The summed E-state index contributed by atoms with van der Waals surface area (Å²) < 4.78 is 143. The average Bonchev–Trinajstić information content (AvgIpc) is 2.61. The summed E-state index contributed by atoms with van der Waals surface area (Å²) in [5, 5.41) is 1.52. The standard InChI is InChI=1S/C16H6F11NO/c17-9-8(10(18)12(20)13(21)11(9)19)14(29)28-4-5-1-6(15(22,23)24)3-7(2-5)16(25,26)27/h1-3H,4H2,(H,28,29). The molecule has 2 aromatic rings. The predicted molar refractivity (Wildman–Crippen MR) is 73.8 cm³/mol. The minimum atomic E-state index is -5.19. The molecule has 0 unspecified atom stereocenters. The normalized spacial score (nSPS) is 12.2. The van der Waals surface area contributed by atoms with E-state index in [1.165, 1.54) is 5.32 Å². The highest BCUT2D eigenvalue weighted by Crippen LogP contribution is 2.36. The second kappa shape index (κ2) is 7.52. The number of carbonyl (C=O) groups excluding carboxylic acids is 1. The average molecular weight is 437 g/mol. The number of rotatable bonds is 3. The van der Waals surface area contributed by atoms with Crippen molar-refractivity contribution in [2.75, 3.05) is 0 Å². The van der Waals surface area contributed by atoms with E-state index >= 15 is 0 Å². The van der Waals surface area contributed by atoms with Crippen molar-refractivity contribution in [2.45, 2.75) is 18.9 Å². The molecule has 0 bridgehead atoms. The first kappa shape index (κ1) is 22.4. The van der Waals surface area contributed by atoms with Crippen LogP contribution in [0.15, 0.2) is 18.2 Å². The topological polar surface area (TPSA) is 29.1 Å². The number of benzene rings is 2. The zero-order valence-electron chi connectivity index (χ0n) is 13.5. The second-order valence-electron chi connectivity index (χ2n) is 5.54. The monoisotopic (exact) mass is 437 g/mol. The van der Waals surface area contributed by atoms with E-state index in [4.69, 9.17) is 0 Å². The van der Waals surface area contributed by atoms with Gasteiger partial charge in [0.1, 0.15) is 5.56 Å². The van der Waals surface area contributed by atoms with E-state index in [0.29, 0.717) is 0 Å². The van der Waals surface area contributed by atoms with Gasteiger partial charge in [0.15, 0.2) is 23.3 Å². The Labute approximate surface area is 153 Å². The Bertz CT molecular complexity index is 902. The van der Waals surface area contributed by atoms with E-state index in [-0.39, 0.29) is 18.2 Å². The molecule has 0 saturated heterocycles. The lowest BCUT2D eigenvalue weighted by atomic mass is 10.0. The lowest BCUT2D eigenvalue weighted by molar-refractivity contribution is -0.143. The molecular formula is C16H6F11NO. The largest absolute Gasteiger partial charge is 0.416 e. The molecular weight excluding hydrogens is 431 g/mol. The van der Waals surface area contributed by atoms with Crippen molar-refractivity contribution in [3.8, 4) is 0 Å². The minimum absolute atomic E-state index is 0.199. The summed E-state index contributed by atoms with van der Waals surface area (Å²) in [5.74, 6) is -14.4. The van der Waals surface area contributed by atoms with Crippen molar-refractivity contribution in [3.63, 3.8) is 0 Å². The fourth-order valence-electron chi connectivity index (χ4n) is 2.20. The van der Waals surface area contributed by atoms with Gasteiger partial charge in [-0.25, -0.2) is 22.0 Å². The summed E-state index contributed by atoms with van der Waals surface area (Å²) in [6.45, 7) is -1.13. The van der Waals surface area contributed by atoms with Crippen LogP contribution in [0, 0.1) is 29.1 Å². The lowest BCUT2D eigenvalue weighted by Gasteiger charge is -2.15. The second-order valence-corrected chi connectivity index (χ2v) is 5.54. The molecule has 0 spiro atoms. The maximum atomic E-state index is 13.5. The Morgan fingerprint density at radius 2 is 1.07 bits per heavy atom. The SMILES string of the molecule is O=C(NCc1cc(C(F)(F)F)cc(C(F)(F)F)c1)c1c(F)c(F)c(F)c(F)c1F. The summed E-state index contributed by atoms with van der Waals surface area (Å²) in [5.41, 5.74) is -6.19. The minimum Gasteiger partial charge on any atom is -0.348 e. The molecule has 2 nitrogen and oxygen atoms in total. The maximum Gasteiger partial charge on any atom is 0.416 e. The van der Waals surface area contributed by atoms with Gasteiger partial charge in [0, 0.05) is 6.54 Å². The predicted octanol–water partition coefficient (Wildman–Crippen LogP) is 5.35. The molecule has 0 radical (unpaired) electrons. The van der Waals surface area contributed by atoms with Crippen LogP contribution >= 0.6 is 0 Å². The van der Waals surface area contributed by atoms with E-state index in [1.807, 2.05) is 0 Å². The first-order valence-electron chi connectivity index (χ1n) is 7.22. The van der Waals surface area contributed by atoms with Gasteiger partial charge in [0.05, 0.1) is 11.1 Å². The molecule has 0 aliphatic rings. The van der Waals surface area contributed by atoms with Crippen molar-refractivity contribution in [1.29, 1.82) is 0 Å². The molecule has 0 aromatic heterocycles. The van der Waals surface area contributed by atoms with Crippen LogP contribution in [0.1, 0.15) is 27.0 Å². The molecule has 158 valence electrons. The number of carbonyl (C=O) groups is 1. The maximum absolute atomic E-state index is 13.5. The third kappa shape index (κ3) is 4.59. The third-order valence-corrected chi connectivity index (χ3v) is 3.54. The van der Waals surface area contributed by atoms with Crippen LogP contribution in [0.5, 0.6) is 0 Å². The van der Waals surface area contributed by atoms with E-state index < -0.39 is 76.1 Å². The molecule has 0 heterocycles. The van der Waals surface area contributed by atoms with Crippen LogP contribution in [0.3, 0.4) is 0 Å². The fraction of sp³-hybridized carbons (Fsp3) is 0.188. The van der Waals surface area contributed by atoms with Crippen molar-refractivity contribution in [2.24, 2.45) is 0 Å². The number of hydrogen-bond donors (Lipinski definition) is 1. The van der Waals surface area contributed by atoms with Crippen molar-refractivity contribution >= 4 is 5.91 Å². The summed E-state index contributed by atoms with van der Waals surface area (Å²) in [4.78, 5) is 11.7. The zero-order valence-corrected chi connectivity index (χ0v) is 13.5. The van der Waals surface area contributed by atoms with Gasteiger partial charge in [-0.2, -0.15) is 26.3 Å². The quantitative estimate of drug-likeness (QED) is 0.392. The number of alkyl halides is 6. The fourth-order valence-corrected chi connectivity index (χ4v) is 2.20. The number of hydrogen-bond acceptors (Lipinski definition) is 1. The highest BCUT2D eigenvalue weighted by molar-refractivity contribution is 5.94. The van der Waals surface area contributed by atoms with E-state index in [0.717, 1.165) is 0 Å². The van der Waals surface area contributed by atoms with Crippen LogP contribution in [0.25, 0.3) is 0 Å². The molecule has 13 heteroatoms. The van der Waals surface area contributed by atoms with Crippen LogP contribution < -0.4 is 5.32 Å². The zero-order chi connectivity index (χ0) is 22.3. The highest BCUT2D eigenvalue weighted by atomic mass is 19.4. The molecule has 0 aliphatic carbocycles. The van der Waals surface area contributed by atoms with Gasteiger partial charge >= 0.3 is 12.4 Å². The Hall–Kier alpha value is -2.86. The third-order valence-electron chi connectivity index (χ3n) is 3.54. The lowest BCUT2D eigenvalue weighted by Crippen LogP contribution is -2.27. The van der Waals surface area contributed by atoms with Gasteiger partial charge < -0.3 is 5.32 Å². The number of amides is 1. The number of nitrogens with one attached hydrogen (secondary N) is 1. The Kier molecular flexibility index (Phi) is 5.82. The number of halogens is 11. The Balaban J connectivity index is 2.39. The van der Waals surface area contributed by atoms with E-state index in [2.05, 4.69) is 0 Å². The molecule has 0 fully saturated rings. The van der Waals surface area contributed by atoms with Gasteiger partial charge in [-0.3, -0.25) is 4.79 Å². The summed E-state index contributed by atoms with van der Waals surface area (Å²) in [6.07, 6.45) is -10.4. The molecule has 0 aliphatic heterocycles. The molecule has 0 saturated carbocycles. The molecule has 29 heavy (non-hydrogen) atoms. The van der Waals surface area contributed by atoms with Crippen molar-refractivity contribution in [3.05, 3.63) is 69.5 Å². The van der Waals surface area contributed by atoms with Gasteiger partial charge in [-0.1, -0.05) is 0 Å². The molecule has 1 N–H and O–H groups in total. The van der Waals surface area contributed by atoms with Crippen LogP contribution in [0.2, 0.25) is 0 Å². The molecule has 2 rings (SSSR count). The molecule has 2 aromatic carbocycles. The Morgan fingerprint density at radius 3 is 1.45 bits per heavy atom. The van der Waals surface area contributed by atoms with E-state index in [9.17, 15) is 53.1 Å². The van der Waals surface area contributed by atoms with Crippen molar-refractivity contribution < 1.29 is 53.1 Å². The van der Waals surface area contributed by atoms with Crippen LogP contribution in [-0.4, -0.2) is 5.91 Å². The summed E-state index contributed by atoms with van der Waals surface area (Å²) >= 11 is 0. The van der Waals surface area contributed by atoms with Gasteiger partial charge in [0.25, 0.3) is 5.91 Å². The van der Waals surface area contributed by atoms with E-state index in [1.54, 1.807) is 0 Å². The van der Waals surface area contributed by atoms with Crippen molar-refractivity contribution in [1.82, 2.24) is 5.32 Å². The van der Waals surface area contributed by atoms with Gasteiger partial charge in [-0.05, 0) is 23.8 Å². The first-order chi connectivity index (χ1) is 13.1. The van der Waals surface area contributed by atoms with Crippen LogP contribution in [-0.2, 0) is 18.9 Å². The summed E-state index contributed by atoms with van der Waals surface area (Å²) in [7, 11) is 0. The van der Waals surface area contributed by atoms with Crippen LogP contribution in [0.4, 0.5) is 48.3 Å². The Morgan fingerprint density at radius 1 is 0.690 bits per heavy atom. The van der Waals surface area contributed by atoms with Gasteiger partial charge in [0.2, 0.25) is 5.82 Å². The summed E-state index contributed by atoms with van der Waals surface area (Å²) in [6, 6.07) is 0.234. The van der Waals surface area contributed by atoms with Gasteiger partial charge in [-0.15, -0.1) is 0 Å². The highest BCUT2D eigenvalue weighted by Gasteiger charge is 2.37. The molecule has 1 amide bonds. The first-order valence-corrected chi connectivity index (χ1v) is 7.22. The molecule has 0 atom stereocenters.